The largest absolute Gasteiger partial charge is 4.00 e. The zero-order chi connectivity index (χ0) is 38.0. The first kappa shape index (κ1) is 52.8. The van der Waals surface area contributed by atoms with Gasteiger partial charge in [0.15, 0.2) is 0 Å². The van der Waals surface area contributed by atoms with E-state index in [0.29, 0.717) is 0 Å². The molecule has 0 heterocycles. The van der Waals surface area contributed by atoms with Crippen LogP contribution >= 0.6 is 0 Å². The van der Waals surface area contributed by atoms with Crippen molar-refractivity contribution >= 4 is 28.8 Å². The number of aryl methyl sites for hydroxylation is 1. The van der Waals surface area contributed by atoms with Gasteiger partial charge in [-0.05, 0) is 65.9 Å². The molecule has 4 aromatic carbocycles. The van der Waals surface area contributed by atoms with Crippen molar-refractivity contribution < 1.29 is 58.9 Å². The Morgan fingerprint density at radius 2 is 0.630 bits per heavy atom. The van der Waals surface area contributed by atoms with Gasteiger partial charge in [-0.2, -0.15) is 17.7 Å². The van der Waals surface area contributed by atoms with Crippen LogP contribution in [0.4, 0.5) is 0 Å². The summed E-state index contributed by atoms with van der Waals surface area (Å²) in [6, 6.07) is 30.8. The number of halogens is 3. The van der Waals surface area contributed by atoms with E-state index in [-0.39, 0.29) is 91.4 Å². The van der Waals surface area contributed by atoms with E-state index >= 15 is 0 Å². The summed E-state index contributed by atoms with van der Waals surface area (Å²) in [6.45, 7) is 45.2. The third-order valence-corrected chi connectivity index (χ3v) is 15.6. The monoisotopic (exact) mass is 840 g/mol. The van der Waals surface area contributed by atoms with Gasteiger partial charge in [-0.15, -0.1) is 5.19 Å². The van der Waals surface area contributed by atoms with Gasteiger partial charge < -0.3 is 37.2 Å². The zero-order valence-electron chi connectivity index (χ0n) is 37.3. The maximum Gasteiger partial charge on any atom is 4.00 e. The Labute approximate surface area is 367 Å². The fourth-order valence-electron chi connectivity index (χ4n) is 7.08. The van der Waals surface area contributed by atoms with E-state index in [1.807, 2.05) is 0 Å². The summed E-state index contributed by atoms with van der Waals surface area (Å²) in [5, 5.41) is 6.00. The molecule has 0 atom stereocenters. The van der Waals surface area contributed by atoms with E-state index in [9.17, 15) is 0 Å². The number of hydrogen-bond donors (Lipinski definition) is 0. The second-order valence-corrected chi connectivity index (χ2v) is 25.3. The molecule has 0 fully saturated rings. The van der Waals surface area contributed by atoms with E-state index in [1.165, 1.54) is 59.7 Å². The summed E-state index contributed by atoms with van der Waals surface area (Å²) in [5.74, 6) is 0. The molecule has 0 aliphatic heterocycles. The fourth-order valence-corrected chi connectivity index (χ4v) is 12.0. The summed E-state index contributed by atoms with van der Waals surface area (Å²) in [6.07, 6.45) is 1.03. The van der Waals surface area contributed by atoms with Gasteiger partial charge in [0.25, 0.3) is 0 Å². The van der Waals surface area contributed by atoms with Crippen molar-refractivity contribution in [3.63, 3.8) is 0 Å². The molecule has 4 rings (SSSR count). The molecule has 0 N–H and O–H groups in total. The van der Waals surface area contributed by atoms with Crippen molar-refractivity contribution in [2.75, 3.05) is 0 Å². The Hall–Kier alpha value is -1.19. The van der Waals surface area contributed by atoms with Crippen molar-refractivity contribution in [3.05, 3.63) is 112 Å². The first-order chi connectivity index (χ1) is 22.5. The molecule has 0 aliphatic carbocycles. The van der Waals surface area contributed by atoms with Crippen molar-refractivity contribution in [3.8, 4) is 0 Å². The molecule has 54 heavy (non-hydrogen) atoms. The van der Waals surface area contributed by atoms with Crippen LogP contribution in [0.2, 0.25) is 0 Å². The average Bonchev–Trinajstić information content (AvgIpc) is 3.44. The minimum Gasteiger partial charge on any atom is -1.00 e. The molecule has 0 saturated heterocycles. The second-order valence-electron chi connectivity index (χ2n) is 21.5. The molecular formula is C49H71Cl3SiTi. The van der Waals surface area contributed by atoms with E-state index in [1.54, 1.807) is 0 Å². The Kier molecular flexibility index (Phi) is 17.4. The van der Waals surface area contributed by atoms with E-state index in [4.69, 9.17) is 0 Å². The Morgan fingerprint density at radius 3 is 0.796 bits per heavy atom. The standard InChI is InChI=1S/C49H71Si.3ClH.Ti/c1-20-33-21-22-40(23-33)50(41-27-34(44(2,3)4)24-35(28-41)45(5,6)7,42-29-36(46(8,9)10)25-37(30-42)47(11,12)13)43-31-38(48(14,15)16)26-39(32-43)49(17,18)19;;;;/h21-32H,20H2,1-19H3;3*1H;/q-1;;;;+4/p-3. The molecule has 296 valence electrons. The Balaban J connectivity index is 0.00000702. The van der Waals surface area contributed by atoms with Crippen LogP contribution in [0.25, 0.3) is 0 Å². The molecule has 4 aromatic rings. The third kappa shape index (κ3) is 11.3. The van der Waals surface area contributed by atoms with Crippen LogP contribution in [-0.4, -0.2) is 8.07 Å². The number of benzene rings is 3. The molecule has 0 spiro atoms. The Morgan fingerprint density at radius 1 is 0.407 bits per heavy atom. The third-order valence-electron chi connectivity index (χ3n) is 11.0. The normalized spacial score (nSPS) is 12.9. The topological polar surface area (TPSA) is 0 Å². The summed E-state index contributed by atoms with van der Waals surface area (Å²) in [5.41, 5.74) is 9.98. The van der Waals surface area contributed by atoms with Crippen LogP contribution in [0.3, 0.4) is 0 Å². The van der Waals surface area contributed by atoms with Crippen molar-refractivity contribution in [2.24, 2.45) is 0 Å². The van der Waals surface area contributed by atoms with Gasteiger partial charge in [-0.1, -0.05) is 208 Å². The maximum atomic E-state index is 2.63. The molecule has 5 heteroatoms. The fraction of sp³-hybridized carbons (Fsp3) is 0.531. The summed E-state index contributed by atoms with van der Waals surface area (Å²) in [7, 11) is -2.96. The molecule has 0 saturated carbocycles. The average molecular weight is 842 g/mol. The van der Waals surface area contributed by atoms with Gasteiger partial charge >= 0.3 is 21.7 Å². The smallest absolute Gasteiger partial charge is 1.00 e. The van der Waals surface area contributed by atoms with Crippen LogP contribution in [-0.2, 0) is 60.6 Å². The van der Waals surface area contributed by atoms with Gasteiger partial charge in [0, 0.05) is 0 Å². The van der Waals surface area contributed by atoms with Crippen molar-refractivity contribution in [1.82, 2.24) is 0 Å². The van der Waals surface area contributed by atoms with Crippen LogP contribution in [0.5, 0.6) is 0 Å². The van der Waals surface area contributed by atoms with Gasteiger partial charge in [0.2, 0.25) is 0 Å². The second kappa shape index (κ2) is 17.7. The SMILES string of the molecule is CCc1cc[c-]([Si](c2cc(C(C)(C)C)cc(C(C)(C)C)c2)(c2cc(C(C)(C)C)cc(C(C)(C)C)c2)c2cc(C(C)(C)C)cc(C(C)(C)C)c2)c1.[Cl-].[Cl-].[Cl-].[Ti+4]. The Bertz CT molecular complexity index is 1560. The molecule has 0 aliphatic rings. The predicted octanol–water partition coefficient (Wildman–Crippen LogP) is 2.14. The van der Waals surface area contributed by atoms with Crippen LogP contribution in [0, 0.1) is 0 Å². The molecule has 0 unspecified atom stereocenters. The maximum absolute atomic E-state index is 2.96. The summed E-state index contributed by atoms with van der Waals surface area (Å²) < 4.78 is 0. The zero-order valence-corrected chi connectivity index (χ0v) is 42.1. The first-order valence-electron chi connectivity index (χ1n) is 19.2. The van der Waals surface area contributed by atoms with Crippen LogP contribution in [0.1, 0.15) is 170 Å². The number of hydrogen-bond acceptors (Lipinski definition) is 0. The molecule has 0 radical (unpaired) electrons. The molecule has 0 bridgehead atoms. The van der Waals surface area contributed by atoms with Gasteiger partial charge in [-0.25, -0.2) is 6.07 Å². The number of rotatable bonds is 5. The molecular weight excluding hydrogens is 771 g/mol. The quantitative estimate of drug-likeness (QED) is 0.165. The van der Waals surface area contributed by atoms with E-state index in [0.717, 1.165) is 6.42 Å². The van der Waals surface area contributed by atoms with E-state index < -0.39 is 8.07 Å². The minimum absolute atomic E-state index is 0. The first-order valence-corrected chi connectivity index (χ1v) is 21.2. The van der Waals surface area contributed by atoms with Gasteiger partial charge in [0.1, 0.15) is 8.07 Å². The van der Waals surface area contributed by atoms with Crippen LogP contribution in [0.15, 0.2) is 72.8 Å². The predicted molar refractivity (Wildman–Crippen MR) is 227 cm³/mol. The van der Waals surface area contributed by atoms with Crippen molar-refractivity contribution in [2.45, 2.75) is 170 Å². The molecule has 0 amide bonds. The van der Waals surface area contributed by atoms with Gasteiger partial charge in [0.05, 0.1) is 0 Å². The molecule has 0 aromatic heterocycles. The molecule has 0 nitrogen and oxygen atoms in total. The van der Waals surface area contributed by atoms with Crippen molar-refractivity contribution in [1.29, 1.82) is 0 Å². The summed E-state index contributed by atoms with van der Waals surface area (Å²) in [4.78, 5) is 0. The minimum atomic E-state index is -2.96. The van der Waals surface area contributed by atoms with E-state index in [2.05, 4.69) is 204 Å². The van der Waals surface area contributed by atoms with Gasteiger partial charge in [-0.3, -0.25) is 0 Å². The summed E-state index contributed by atoms with van der Waals surface area (Å²) >= 11 is 0. The van der Waals surface area contributed by atoms with Crippen LogP contribution < -0.4 is 58.0 Å².